The van der Waals surface area contributed by atoms with Gasteiger partial charge in [-0.05, 0) is 24.1 Å². The van der Waals surface area contributed by atoms with E-state index in [1.165, 1.54) is 4.68 Å². The van der Waals surface area contributed by atoms with Crippen molar-refractivity contribution < 1.29 is 4.79 Å². The van der Waals surface area contributed by atoms with Gasteiger partial charge in [0.2, 0.25) is 0 Å². The Morgan fingerprint density at radius 1 is 0.867 bits per heavy atom. The number of nitrogens with zero attached hydrogens (tertiary/aromatic N) is 3. The summed E-state index contributed by atoms with van der Waals surface area (Å²) < 4.78 is 1.35. The van der Waals surface area contributed by atoms with Crippen molar-refractivity contribution in [1.29, 1.82) is 0 Å². The first-order chi connectivity index (χ1) is 14.6. The molecule has 0 aliphatic carbocycles. The Kier molecular flexibility index (Phi) is 5.44. The molecule has 0 fully saturated rings. The van der Waals surface area contributed by atoms with Crippen LogP contribution in [0.1, 0.15) is 34.6 Å². The van der Waals surface area contributed by atoms with Gasteiger partial charge in [0.25, 0.3) is 11.5 Å². The standard InChI is InChI=1S/C25H23N3O2/c1-3-28-24(29)21-17-11-10-16-20(21)22(26-28)25(30)27(2)23(18-12-6-4-7-13-18)19-14-8-5-9-15-19/h4-17,23H,3H2,1-2H3. The number of benzene rings is 3. The maximum Gasteiger partial charge on any atom is 0.275 e. The SMILES string of the molecule is CCn1nc(C(=O)N(C)C(c2ccccc2)c2ccccc2)c2ccccc2c1=O. The average Bonchev–Trinajstić information content (AvgIpc) is 2.80. The van der Waals surface area contributed by atoms with Crippen molar-refractivity contribution >= 4 is 16.7 Å². The maximum absolute atomic E-state index is 13.7. The number of fused-ring (bicyclic) bond motifs is 1. The number of amides is 1. The minimum Gasteiger partial charge on any atom is -0.329 e. The predicted molar refractivity (Wildman–Crippen MR) is 118 cm³/mol. The molecule has 3 aromatic carbocycles. The van der Waals surface area contributed by atoms with Crippen LogP contribution in [-0.2, 0) is 6.54 Å². The van der Waals surface area contributed by atoms with Crippen molar-refractivity contribution in [2.24, 2.45) is 0 Å². The third kappa shape index (κ3) is 3.50. The molecule has 0 spiro atoms. The van der Waals surface area contributed by atoms with Gasteiger partial charge in [-0.3, -0.25) is 9.59 Å². The van der Waals surface area contributed by atoms with Crippen molar-refractivity contribution in [2.75, 3.05) is 7.05 Å². The largest absolute Gasteiger partial charge is 0.329 e. The van der Waals surface area contributed by atoms with E-state index < -0.39 is 0 Å². The maximum atomic E-state index is 13.7. The van der Waals surface area contributed by atoms with Gasteiger partial charge >= 0.3 is 0 Å². The Morgan fingerprint density at radius 3 is 1.90 bits per heavy atom. The number of hydrogen-bond donors (Lipinski definition) is 0. The molecule has 30 heavy (non-hydrogen) atoms. The van der Waals surface area contributed by atoms with Crippen LogP contribution in [0.3, 0.4) is 0 Å². The first-order valence-corrected chi connectivity index (χ1v) is 9.98. The smallest absolute Gasteiger partial charge is 0.275 e. The minimum atomic E-state index is -0.275. The second-order valence-corrected chi connectivity index (χ2v) is 7.16. The normalized spacial score (nSPS) is 11.0. The van der Waals surface area contributed by atoms with E-state index in [1.807, 2.05) is 73.7 Å². The fourth-order valence-electron chi connectivity index (χ4n) is 3.80. The molecule has 0 aliphatic rings. The Balaban J connectivity index is 1.86. The Bertz CT molecular complexity index is 1190. The van der Waals surface area contributed by atoms with E-state index in [2.05, 4.69) is 5.10 Å². The average molecular weight is 397 g/mol. The molecule has 4 rings (SSSR count). The zero-order chi connectivity index (χ0) is 21.1. The zero-order valence-corrected chi connectivity index (χ0v) is 17.0. The van der Waals surface area contributed by atoms with E-state index in [0.717, 1.165) is 11.1 Å². The molecule has 0 unspecified atom stereocenters. The van der Waals surface area contributed by atoms with Crippen LogP contribution < -0.4 is 5.56 Å². The van der Waals surface area contributed by atoms with E-state index in [1.54, 1.807) is 30.1 Å². The van der Waals surface area contributed by atoms with Gasteiger partial charge in [0.05, 0.1) is 11.4 Å². The van der Waals surface area contributed by atoms with Crippen LogP contribution in [0.15, 0.2) is 89.7 Å². The zero-order valence-electron chi connectivity index (χ0n) is 17.0. The summed E-state index contributed by atoms with van der Waals surface area (Å²) in [5.74, 6) is -0.230. The topological polar surface area (TPSA) is 55.2 Å². The quantitative estimate of drug-likeness (QED) is 0.505. The van der Waals surface area contributed by atoms with Crippen molar-refractivity contribution in [3.8, 4) is 0 Å². The Labute approximate surface area is 175 Å². The molecule has 4 aromatic rings. The summed E-state index contributed by atoms with van der Waals surface area (Å²) in [7, 11) is 1.78. The van der Waals surface area contributed by atoms with Gasteiger partial charge < -0.3 is 4.90 Å². The molecule has 0 aliphatic heterocycles. The molecule has 0 bridgehead atoms. The summed E-state index contributed by atoms with van der Waals surface area (Å²) in [5, 5.41) is 5.50. The summed E-state index contributed by atoms with van der Waals surface area (Å²) in [6.07, 6.45) is 0. The number of aromatic nitrogens is 2. The predicted octanol–water partition coefficient (Wildman–Crippen LogP) is 4.28. The highest BCUT2D eigenvalue weighted by molar-refractivity contribution is 6.05. The van der Waals surface area contributed by atoms with Crippen LogP contribution in [-0.4, -0.2) is 27.6 Å². The van der Waals surface area contributed by atoms with Crippen LogP contribution in [0, 0.1) is 0 Å². The van der Waals surface area contributed by atoms with E-state index in [4.69, 9.17) is 0 Å². The summed E-state index contributed by atoms with van der Waals surface area (Å²) >= 11 is 0. The monoisotopic (exact) mass is 397 g/mol. The summed E-state index contributed by atoms with van der Waals surface area (Å²) in [6, 6.07) is 26.7. The first-order valence-electron chi connectivity index (χ1n) is 9.98. The van der Waals surface area contributed by atoms with Gasteiger partial charge in [-0.15, -0.1) is 0 Å². The van der Waals surface area contributed by atoms with Crippen LogP contribution >= 0.6 is 0 Å². The lowest BCUT2D eigenvalue weighted by Gasteiger charge is -2.29. The molecule has 0 radical (unpaired) electrons. The number of rotatable bonds is 5. The number of carbonyl (C=O) groups excluding carboxylic acids is 1. The molecular weight excluding hydrogens is 374 g/mol. The molecule has 1 heterocycles. The van der Waals surface area contributed by atoms with Crippen molar-refractivity contribution in [3.05, 3.63) is 112 Å². The van der Waals surface area contributed by atoms with E-state index >= 15 is 0 Å². The Morgan fingerprint density at radius 2 is 1.37 bits per heavy atom. The van der Waals surface area contributed by atoms with E-state index in [-0.39, 0.29) is 23.2 Å². The molecular formula is C25H23N3O2. The van der Waals surface area contributed by atoms with Gasteiger partial charge in [0.1, 0.15) is 0 Å². The van der Waals surface area contributed by atoms with Crippen LogP contribution in [0.5, 0.6) is 0 Å². The van der Waals surface area contributed by atoms with Crippen LogP contribution in [0.4, 0.5) is 0 Å². The minimum absolute atomic E-state index is 0.185. The molecule has 5 nitrogen and oxygen atoms in total. The van der Waals surface area contributed by atoms with Crippen LogP contribution in [0.2, 0.25) is 0 Å². The number of hydrogen-bond acceptors (Lipinski definition) is 3. The third-order valence-corrected chi connectivity index (χ3v) is 5.31. The molecule has 0 saturated heterocycles. The van der Waals surface area contributed by atoms with E-state index in [0.29, 0.717) is 17.3 Å². The molecule has 1 aromatic heterocycles. The lowest BCUT2D eigenvalue weighted by Crippen LogP contribution is -2.35. The van der Waals surface area contributed by atoms with Crippen LogP contribution in [0.25, 0.3) is 10.8 Å². The fourth-order valence-corrected chi connectivity index (χ4v) is 3.80. The van der Waals surface area contributed by atoms with Gasteiger partial charge in [-0.2, -0.15) is 5.10 Å². The number of carbonyl (C=O) groups is 1. The van der Waals surface area contributed by atoms with Crippen molar-refractivity contribution in [1.82, 2.24) is 14.7 Å². The molecule has 1 amide bonds. The molecule has 0 saturated carbocycles. The van der Waals surface area contributed by atoms with Gasteiger partial charge in [-0.25, -0.2) is 4.68 Å². The molecule has 150 valence electrons. The lowest BCUT2D eigenvalue weighted by molar-refractivity contribution is 0.0748. The van der Waals surface area contributed by atoms with Crippen molar-refractivity contribution in [2.45, 2.75) is 19.5 Å². The molecule has 5 heteroatoms. The highest BCUT2D eigenvalue weighted by Crippen LogP contribution is 2.29. The van der Waals surface area contributed by atoms with Crippen molar-refractivity contribution in [3.63, 3.8) is 0 Å². The Hall–Kier alpha value is -3.73. The summed E-state index contributed by atoms with van der Waals surface area (Å²) in [6.45, 7) is 2.24. The lowest BCUT2D eigenvalue weighted by atomic mass is 9.97. The second kappa shape index (κ2) is 8.33. The number of aryl methyl sites for hydroxylation is 1. The van der Waals surface area contributed by atoms with E-state index in [9.17, 15) is 9.59 Å². The fraction of sp³-hybridized carbons (Fsp3) is 0.160. The molecule has 0 N–H and O–H groups in total. The summed E-state index contributed by atoms with van der Waals surface area (Å²) in [4.78, 5) is 28.0. The van der Waals surface area contributed by atoms with Gasteiger partial charge in [0, 0.05) is 19.0 Å². The third-order valence-electron chi connectivity index (χ3n) is 5.31. The first kappa shape index (κ1) is 19.6. The van der Waals surface area contributed by atoms with Gasteiger partial charge in [0.15, 0.2) is 5.69 Å². The summed E-state index contributed by atoms with van der Waals surface area (Å²) in [5.41, 5.74) is 2.11. The van der Waals surface area contributed by atoms with Gasteiger partial charge in [-0.1, -0.05) is 78.9 Å². The second-order valence-electron chi connectivity index (χ2n) is 7.16. The molecule has 0 atom stereocenters. The highest BCUT2D eigenvalue weighted by Gasteiger charge is 2.27. The highest BCUT2D eigenvalue weighted by atomic mass is 16.2.